The first-order valence-corrected chi connectivity index (χ1v) is 10.9. The smallest absolute Gasteiger partial charge is 0.196 e. The number of anilines is 1. The van der Waals surface area contributed by atoms with Gasteiger partial charge in [-0.25, -0.2) is 9.19 Å². The van der Waals surface area contributed by atoms with Crippen molar-refractivity contribution in [2.75, 3.05) is 11.0 Å². The predicted molar refractivity (Wildman–Crippen MR) is 119 cm³/mol. The third kappa shape index (κ3) is 3.79. The van der Waals surface area contributed by atoms with Crippen LogP contribution in [-0.4, -0.2) is 26.2 Å². The van der Waals surface area contributed by atoms with Crippen molar-refractivity contribution in [2.45, 2.75) is 0 Å². The SMILES string of the molecule is CS(=O)Nc1cccc(-c2ccnc3[nH]cc(C(=O)c4cccc(Cl)c4Cl)c23)c1. The molecule has 0 saturated carbocycles. The van der Waals surface area contributed by atoms with E-state index < -0.39 is 11.0 Å². The first-order chi connectivity index (χ1) is 14.0. The van der Waals surface area contributed by atoms with E-state index in [2.05, 4.69) is 14.7 Å². The van der Waals surface area contributed by atoms with Gasteiger partial charge in [0, 0.05) is 35.3 Å². The number of hydrogen-bond donors (Lipinski definition) is 2. The summed E-state index contributed by atoms with van der Waals surface area (Å²) in [5.74, 6) is -0.248. The van der Waals surface area contributed by atoms with E-state index >= 15 is 0 Å². The van der Waals surface area contributed by atoms with Crippen LogP contribution in [0.15, 0.2) is 60.9 Å². The molecule has 0 saturated heterocycles. The molecule has 4 aromatic rings. The number of nitrogens with zero attached hydrogens (tertiary/aromatic N) is 1. The number of benzene rings is 2. The molecule has 29 heavy (non-hydrogen) atoms. The second-order valence-electron chi connectivity index (χ2n) is 6.35. The van der Waals surface area contributed by atoms with Gasteiger partial charge in [0.25, 0.3) is 0 Å². The van der Waals surface area contributed by atoms with Crippen LogP contribution < -0.4 is 4.72 Å². The lowest BCUT2D eigenvalue weighted by molar-refractivity contribution is 0.104. The van der Waals surface area contributed by atoms with Crippen molar-refractivity contribution in [1.82, 2.24) is 9.97 Å². The van der Waals surface area contributed by atoms with Crippen molar-refractivity contribution in [2.24, 2.45) is 0 Å². The minimum Gasteiger partial charge on any atom is -0.345 e. The zero-order valence-electron chi connectivity index (χ0n) is 15.2. The van der Waals surface area contributed by atoms with Crippen molar-refractivity contribution < 1.29 is 9.00 Å². The fraction of sp³-hybridized carbons (Fsp3) is 0.0476. The molecule has 0 spiro atoms. The number of rotatable bonds is 5. The summed E-state index contributed by atoms with van der Waals surface area (Å²) in [6, 6.07) is 14.3. The van der Waals surface area contributed by atoms with Gasteiger partial charge in [-0.3, -0.25) is 4.79 Å². The maximum atomic E-state index is 13.2. The van der Waals surface area contributed by atoms with Crippen LogP contribution in [0.2, 0.25) is 10.0 Å². The minimum absolute atomic E-state index is 0.218. The van der Waals surface area contributed by atoms with E-state index in [1.807, 2.05) is 30.3 Å². The van der Waals surface area contributed by atoms with Gasteiger partial charge in [0.05, 0.1) is 15.6 Å². The first kappa shape index (κ1) is 19.6. The molecule has 0 amide bonds. The molecule has 0 aliphatic carbocycles. The molecule has 5 nitrogen and oxygen atoms in total. The molecule has 2 aromatic carbocycles. The molecule has 0 aliphatic rings. The van der Waals surface area contributed by atoms with Crippen LogP contribution in [0.3, 0.4) is 0 Å². The maximum absolute atomic E-state index is 13.2. The van der Waals surface area contributed by atoms with E-state index in [0.717, 1.165) is 16.8 Å². The van der Waals surface area contributed by atoms with E-state index in [-0.39, 0.29) is 10.8 Å². The summed E-state index contributed by atoms with van der Waals surface area (Å²) in [7, 11) is -1.19. The molecule has 0 bridgehead atoms. The number of halogens is 2. The Morgan fingerprint density at radius 2 is 1.90 bits per heavy atom. The molecule has 1 unspecified atom stereocenters. The molecule has 4 rings (SSSR count). The Hall–Kier alpha value is -2.67. The normalized spacial score (nSPS) is 12.1. The predicted octanol–water partition coefficient (Wildman–Crippen LogP) is 5.47. The third-order valence-corrected chi connectivity index (χ3v) is 5.79. The number of ketones is 1. The average molecular weight is 444 g/mol. The average Bonchev–Trinajstić information content (AvgIpc) is 3.13. The highest BCUT2D eigenvalue weighted by atomic mass is 35.5. The fourth-order valence-corrected chi connectivity index (χ4v) is 4.06. The molecule has 1 atom stereocenters. The van der Waals surface area contributed by atoms with Crippen LogP contribution >= 0.6 is 23.2 Å². The van der Waals surface area contributed by atoms with Gasteiger partial charge in [0.15, 0.2) is 5.78 Å². The molecular formula is C21H15Cl2N3O2S. The third-order valence-electron chi connectivity index (χ3n) is 4.45. The van der Waals surface area contributed by atoms with Crippen molar-refractivity contribution in [1.29, 1.82) is 0 Å². The lowest BCUT2D eigenvalue weighted by Crippen LogP contribution is -2.02. The van der Waals surface area contributed by atoms with Crippen LogP contribution in [-0.2, 0) is 11.0 Å². The Morgan fingerprint density at radius 3 is 2.69 bits per heavy atom. The maximum Gasteiger partial charge on any atom is 0.196 e. The lowest BCUT2D eigenvalue weighted by atomic mass is 9.97. The van der Waals surface area contributed by atoms with Crippen molar-refractivity contribution in [3.63, 3.8) is 0 Å². The van der Waals surface area contributed by atoms with Gasteiger partial charge in [-0.2, -0.15) is 0 Å². The van der Waals surface area contributed by atoms with E-state index in [4.69, 9.17) is 23.2 Å². The number of H-pyrrole nitrogens is 1. The van der Waals surface area contributed by atoms with E-state index in [0.29, 0.717) is 27.2 Å². The summed E-state index contributed by atoms with van der Waals surface area (Å²) in [4.78, 5) is 20.6. The van der Waals surface area contributed by atoms with Gasteiger partial charge in [0.2, 0.25) is 0 Å². The lowest BCUT2D eigenvalue weighted by Gasteiger charge is -2.09. The van der Waals surface area contributed by atoms with Gasteiger partial charge in [-0.05, 0) is 41.5 Å². The number of carbonyl (C=O) groups is 1. The number of hydrogen-bond acceptors (Lipinski definition) is 3. The van der Waals surface area contributed by atoms with Gasteiger partial charge >= 0.3 is 0 Å². The van der Waals surface area contributed by atoms with Crippen molar-refractivity contribution >= 4 is 56.7 Å². The number of fused-ring (bicyclic) bond motifs is 1. The standard InChI is InChI=1S/C21H15Cl2N3O2S/c1-29(28)26-13-5-2-4-12(10-13)14-8-9-24-21-18(14)16(11-25-21)20(27)15-6-3-7-17(22)19(15)23/h2-11,26H,1H3,(H,24,25). The fourth-order valence-electron chi connectivity index (χ4n) is 3.22. The molecule has 0 radical (unpaired) electrons. The van der Waals surface area contributed by atoms with E-state index in [1.165, 1.54) is 0 Å². The molecular weight excluding hydrogens is 429 g/mol. The Morgan fingerprint density at radius 1 is 1.10 bits per heavy atom. The number of pyridine rings is 1. The van der Waals surface area contributed by atoms with Gasteiger partial charge < -0.3 is 9.71 Å². The minimum atomic E-state index is -1.19. The highest BCUT2D eigenvalue weighted by Crippen LogP contribution is 2.34. The number of nitrogens with one attached hydrogen (secondary N) is 2. The number of carbonyl (C=O) groups excluding carboxylic acids is 1. The van der Waals surface area contributed by atoms with Crippen LogP contribution in [0, 0.1) is 0 Å². The summed E-state index contributed by atoms with van der Waals surface area (Å²) in [5.41, 5.74) is 3.76. The molecule has 2 aromatic heterocycles. The molecule has 2 N–H and O–H groups in total. The highest BCUT2D eigenvalue weighted by molar-refractivity contribution is 7.85. The topological polar surface area (TPSA) is 74.8 Å². The second kappa shape index (κ2) is 7.99. The van der Waals surface area contributed by atoms with E-state index in [9.17, 15) is 9.00 Å². The molecule has 2 heterocycles. The Labute approximate surface area is 179 Å². The summed E-state index contributed by atoms with van der Waals surface area (Å²) in [6.07, 6.45) is 4.87. The van der Waals surface area contributed by atoms with Crippen LogP contribution in [0.5, 0.6) is 0 Å². The Bertz CT molecular complexity index is 1270. The van der Waals surface area contributed by atoms with Crippen LogP contribution in [0.4, 0.5) is 5.69 Å². The second-order valence-corrected chi connectivity index (χ2v) is 8.25. The molecule has 146 valence electrons. The largest absolute Gasteiger partial charge is 0.345 e. The summed E-state index contributed by atoms with van der Waals surface area (Å²) >= 11 is 12.4. The monoisotopic (exact) mass is 443 g/mol. The van der Waals surface area contributed by atoms with Gasteiger partial charge in [-0.15, -0.1) is 0 Å². The summed E-state index contributed by atoms with van der Waals surface area (Å²) < 4.78 is 14.4. The molecule has 8 heteroatoms. The summed E-state index contributed by atoms with van der Waals surface area (Å²) in [6.45, 7) is 0. The van der Waals surface area contributed by atoms with Crippen LogP contribution in [0.1, 0.15) is 15.9 Å². The Balaban J connectivity index is 1.88. The Kier molecular flexibility index (Phi) is 5.41. The van der Waals surface area contributed by atoms with Crippen molar-refractivity contribution in [3.8, 4) is 11.1 Å². The zero-order chi connectivity index (χ0) is 20.5. The van der Waals surface area contributed by atoms with Crippen molar-refractivity contribution in [3.05, 3.63) is 82.1 Å². The molecule has 0 aliphatic heterocycles. The number of aromatic amines is 1. The quantitative estimate of drug-likeness (QED) is 0.401. The van der Waals surface area contributed by atoms with E-state index in [1.54, 1.807) is 36.8 Å². The first-order valence-electron chi connectivity index (χ1n) is 8.61. The highest BCUT2D eigenvalue weighted by Gasteiger charge is 2.21. The number of aromatic nitrogens is 2. The van der Waals surface area contributed by atoms with Gasteiger partial charge in [-0.1, -0.05) is 41.4 Å². The zero-order valence-corrected chi connectivity index (χ0v) is 17.5. The summed E-state index contributed by atoms with van der Waals surface area (Å²) in [5, 5.41) is 1.22. The van der Waals surface area contributed by atoms with Gasteiger partial charge in [0.1, 0.15) is 16.6 Å². The molecule has 0 fully saturated rings. The van der Waals surface area contributed by atoms with Crippen LogP contribution in [0.25, 0.3) is 22.2 Å².